The van der Waals surface area contributed by atoms with Crippen molar-refractivity contribution in [2.75, 3.05) is 11.1 Å². The second-order valence-electron chi connectivity index (χ2n) is 4.25. The minimum Gasteiger partial charge on any atom is -0.325 e. The van der Waals surface area contributed by atoms with Crippen LogP contribution >= 0.6 is 23.2 Å². The third kappa shape index (κ3) is 4.20. The molecule has 21 heavy (non-hydrogen) atoms. The van der Waals surface area contributed by atoms with Gasteiger partial charge < -0.3 is 5.32 Å². The molecule has 0 saturated heterocycles. The molecule has 0 spiro atoms. The molecule has 0 atom stereocenters. The van der Waals surface area contributed by atoms with Crippen molar-refractivity contribution < 1.29 is 13.2 Å². The highest BCUT2D eigenvalue weighted by Gasteiger charge is 2.19. The fourth-order valence-electron chi connectivity index (χ4n) is 1.65. The first kappa shape index (κ1) is 15.8. The van der Waals surface area contributed by atoms with Gasteiger partial charge in [0.05, 0.1) is 14.9 Å². The summed E-state index contributed by atoms with van der Waals surface area (Å²) in [7, 11) is -3.67. The number of anilines is 1. The molecule has 4 nitrogen and oxygen atoms in total. The van der Waals surface area contributed by atoms with Gasteiger partial charge in [0, 0.05) is 5.69 Å². The van der Waals surface area contributed by atoms with Crippen molar-refractivity contribution >= 4 is 44.6 Å². The second-order valence-corrected chi connectivity index (χ2v) is 7.05. The Morgan fingerprint density at radius 2 is 1.67 bits per heavy atom. The van der Waals surface area contributed by atoms with E-state index < -0.39 is 21.5 Å². The Morgan fingerprint density at radius 1 is 1.00 bits per heavy atom. The monoisotopic (exact) mass is 343 g/mol. The molecule has 1 amide bonds. The first-order valence-corrected chi connectivity index (χ1v) is 8.32. The maximum absolute atomic E-state index is 12.0. The van der Waals surface area contributed by atoms with E-state index in [-0.39, 0.29) is 9.92 Å². The number of carbonyl (C=O) groups excluding carboxylic acids is 1. The zero-order valence-electron chi connectivity index (χ0n) is 10.7. The SMILES string of the molecule is O=C(CS(=O)(=O)c1ccccc1)Nc1ccc(Cl)c(Cl)c1. The number of hydrogen-bond acceptors (Lipinski definition) is 3. The van der Waals surface area contributed by atoms with Crippen LogP contribution in [0.5, 0.6) is 0 Å². The van der Waals surface area contributed by atoms with E-state index in [1.807, 2.05) is 0 Å². The number of amides is 1. The first-order chi connectivity index (χ1) is 9.88. The van der Waals surface area contributed by atoms with Crippen molar-refractivity contribution in [1.82, 2.24) is 0 Å². The number of rotatable bonds is 4. The van der Waals surface area contributed by atoms with Gasteiger partial charge in [0.25, 0.3) is 0 Å². The number of benzene rings is 2. The highest BCUT2D eigenvalue weighted by molar-refractivity contribution is 7.92. The van der Waals surface area contributed by atoms with Crippen LogP contribution in [0, 0.1) is 0 Å². The van der Waals surface area contributed by atoms with Crippen molar-refractivity contribution in [3.05, 3.63) is 58.6 Å². The van der Waals surface area contributed by atoms with Crippen LogP contribution < -0.4 is 5.32 Å². The third-order valence-electron chi connectivity index (χ3n) is 2.63. The van der Waals surface area contributed by atoms with E-state index in [9.17, 15) is 13.2 Å². The summed E-state index contributed by atoms with van der Waals surface area (Å²) < 4.78 is 24.1. The van der Waals surface area contributed by atoms with Crippen LogP contribution in [0.25, 0.3) is 0 Å². The highest BCUT2D eigenvalue weighted by Crippen LogP contribution is 2.25. The number of halogens is 2. The zero-order valence-corrected chi connectivity index (χ0v) is 13.0. The predicted octanol–water partition coefficient (Wildman–Crippen LogP) is 3.41. The molecule has 0 aliphatic carbocycles. The van der Waals surface area contributed by atoms with Gasteiger partial charge in [-0.3, -0.25) is 4.79 Å². The lowest BCUT2D eigenvalue weighted by Crippen LogP contribution is -2.23. The number of hydrogen-bond donors (Lipinski definition) is 1. The lowest BCUT2D eigenvalue weighted by Gasteiger charge is -2.07. The Balaban J connectivity index is 2.10. The van der Waals surface area contributed by atoms with Crippen LogP contribution in [0.4, 0.5) is 5.69 Å². The summed E-state index contributed by atoms with van der Waals surface area (Å²) in [6.45, 7) is 0. The maximum atomic E-state index is 12.0. The molecule has 2 rings (SSSR count). The lowest BCUT2D eigenvalue weighted by atomic mass is 10.3. The summed E-state index contributed by atoms with van der Waals surface area (Å²) >= 11 is 11.6. The minimum absolute atomic E-state index is 0.106. The molecule has 0 aliphatic rings. The van der Waals surface area contributed by atoms with E-state index in [1.165, 1.54) is 24.3 Å². The molecule has 2 aromatic rings. The zero-order chi connectivity index (χ0) is 15.5. The Hall–Kier alpha value is -1.56. The van der Waals surface area contributed by atoms with Crippen LogP contribution in [0.1, 0.15) is 0 Å². The van der Waals surface area contributed by atoms with Crippen LogP contribution in [0.2, 0.25) is 10.0 Å². The van der Waals surface area contributed by atoms with Crippen LogP contribution in [0.15, 0.2) is 53.4 Å². The van der Waals surface area contributed by atoms with E-state index in [2.05, 4.69) is 5.32 Å². The summed E-state index contributed by atoms with van der Waals surface area (Å²) in [6, 6.07) is 12.3. The maximum Gasteiger partial charge on any atom is 0.239 e. The van der Waals surface area contributed by atoms with Gasteiger partial charge in [-0.2, -0.15) is 0 Å². The van der Waals surface area contributed by atoms with Crippen molar-refractivity contribution in [2.24, 2.45) is 0 Å². The largest absolute Gasteiger partial charge is 0.325 e. The average molecular weight is 344 g/mol. The van der Waals surface area contributed by atoms with Crippen LogP contribution in [-0.2, 0) is 14.6 Å². The first-order valence-electron chi connectivity index (χ1n) is 5.91. The van der Waals surface area contributed by atoms with Crippen molar-refractivity contribution in [2.45, 2.75) is 4.90 Å². The molecule has 110 valence electrons. The summed E-state index contributed by atoms with van der Waals surface area (Å²) in [5.74, 6) is -1.28. The molecule has 0 fully saturated rings. The van der Waals surface area contributed by atoms with E-state index in [0.29, 0.717) is 10.7 Å². The molecule has 7 heteroatoms. The fourth-order valence-corrected chi connectivity index (χ4v) is 3.11. The van der Waals surface area contributed by atoms with E-state index in [1.54, 1.807) is 24.3 Å². The predicted molar refractivity (Wildman–Crippen MR) is 83.6 cm³/mol. The van der Waals surface area contributed by atoms with Gasteiger partial charge >= 0.3 is 0 Å². The minimum atomic E-state index is -3.67. The number of nitrogens with one attached hydrogen (secondary N) is 1. The topological polar surface area (TPSA) is 63.2 Å². The molecule has 0 unspecified atom stereocenters. The molecule has 0 bridgehead atoms. The molecule has 1 N–H and O–H groups in total. The normalized spacial score (nSPS) is 11.1. The standard InChI is InChI=1S/C14H11Cl2NO3S/c15-12-7-6-10(8-13(12)16)17-14(18)9-21(19,20)11-4-2-1-3-5-11/h1-8H,9H2,(H,17,18). The Kier molecular flexibility index (Phi) is 4.88. The smallest absolute Gasteiger partial charge is 0.239 e. The van der Waals surface area contributed by atoms with Crippen LogP contribution in [-0.4, -0.2) is 20.1 Å². The quantitative estimate of drug-likeness (QED) is 0.925. The van der Waals surface area contributed by atoms with E-state index >= 15 is 0 Å². The van der Waals surface area contributed by atoms with Gasteiger partial charge in [-0.1, -0.05) is 41.4 Å². The second kappa shape index (κ2) is 6.47. The Bertz CT molecular complexity index is 761. The Morgan fingerprint density at radius 3 is 2.29 bits per heavy atom. The molecular formula is C14H11Cl2NO3S. The van der Waals surface area contributed by atoms with Gasteiger partial charge in [-0.25, -0.2) is 8.42 Å². The molecule has 0 aromatic heterocycles. The van der Waals surface area contributed by atoms with Crippen molar-refractivity contribution in [3.8, 4) is 0 Å². The molecule has 2 aromatic carbocycles. The molecule has 0 saturated carbocycles. The molecule has 0 radical (unpaired) electrons. The van der Waals surface area contributed by atoms with Crippen LogP contribution in [0.3, 0.4) is 0 Å². The van der Waals surface area contributed by atoms with E-state index in [4.69, 9.17) is 23.2 Å². The third-order valence-corrected chi connectivity index (χ3v) is 5.00. The van der Waals surface area contributed by atoms with Crippen molar-refractivity contribution in [3.63, 3.8) is 0 Å². The summed E-state index contributed by atoms with van der Waals surface area (Å²) in [6.07, 6.45) is 0. The average Bonchev–Trinajstić information content (AvgIpc) is 2.43. The highest BCUT2D eigenvalue weighted by atomic mass is 35.5. The fraction of sp³-hybridized carbons (Fsp3) is 0.0714. The number of sulfone groups is 1. The summed E-state index contributed by atoms with van der Waals surface area (Å²) in [5.41, 5.74) is 0.387. The van der Waals surface area contributed by atoms with Crippen molar-refractivity contribution in [1.29, 1.82) is 0 Å². The molecule has 0 aliphatic heterocycles. The van der Waals surface area contributed by atoms with Gasteiger partial charge in [0.1, 0.15) is 5.75 Å². The van der Waals surface area contributed by atoms with Gasteiger partial charge in [0.15, 0.2) is 9.84 Å². The molecular weight excluding hydrogens is 333 g/mol. The molecule has 0 heterocycles. The van der Waals surface area contributed by atoms with Gasteiger partial charge in [0.2, 0.25) is 5.91 Å². The number of carbonyl (C=O) groups is 1. The summed E-state index contributed by atoms with van der Waals surface area (Å²) in [5, 5.41) is 3.11. The van der Waals surface area contributed by atoms with E-state index in [0.717, 1.165) is 0 Å². The summed E-state index contributed by atoms with van der Waals surface area (Å²) in [4.78, 5) is 11.9. The van der Waals surface area contributed by atoms with Gasteiger partial charge in [-0.15, -0.1) is 0 Å². The van der Waals surface area contributed by atoms with Gasteiger partial charge in [-0.05, 0) is 30.3 Å². The lowest BCUT2D eigenvalue weighted by molar-refractivity contribution is -0.113. The Labute approximate surface area is 132 Å².